The number of urea groups is 1. The number of amides is 3. The van der Waals surface area contributed by atoms with Crippen LogP contribution in [0.15, 0.2) is 55.1 Å². The van der Waals surface area contributed by atoms with Crippen molar-refractivity contribution in [3.63, 3.8) is 0 Å². The quantitative estimate of drug-likeness (QED) is 0.693. The predicted molar refractivity (Wildman–Crippen MR) is 102 cm³/mol. The smallest absolute Gasteiger partial charge is 0.321 e. The highest BCUT2D eigenvalue weighted by atomic mass is 35.5. The fourth-order valence-electron chi connectivity index (χ4n) is 2.22. The molecule has 2 aromatic rings. The number of carbonyl (C=O) groups is 2. The Balaban J connectivity index is 1.79. The molecule has 0 bridgehead atoms. The van der Waals surface area contributed by atoms with Crippen LogP contribution in [-0.2, 0) is 17.9 Å². The molecule has 5 nitrogen and oxygen atoms in total. The molecule has 1 aromatic heterocycles. The molecule has 2 N–H and O–H groups in total. The molecule has 0 aliphatic carbocycles. The third-order valence-corrected chi connectivity index (χ3v) is 4.53. The number of nitrogens with zero attached hydrogens (tertiary/aromatic N) is 1. The topological polar surface area (TPSA) is 61.4 Å². The van der Waals surface area contributed by atoms with Gasteiger partial charge in [-0.05, 0) is 17.7 Å². The van der Waals surface area contributed by atoms with E-state index in [-0.39, 0.29) is 12.5 Å². The lowest BCUT2D eigenvalue weighted by molar-refractivity contribution is -0.121. The standard InChI is InChI=1S/C18H20ClN3O2S/c1-2-10-22(12-15-8-9-16(19)25-15)13-17(23)21-18(24)20-11-14-6-4-3-5-7-14/h2-9H,1,10-13H2,(H2,20,21,23,24). The molecule has 7 heteroatoms. The molecule has 2 rings (SSSR count). The molecule has 1 aromatic carbocycles. The summed E-state index contributed by atoms with van der Waals surface area (Å²) in [4.78, 5) is 26.8. The van der Waals surface area contributed by atoms with Crippen molar-refractivity contribution >= 4 is 34.9 Å². The normalized spacial score (nSPS) is 10.5. The summed E-state index contributed by atoms with van der Waals surface area (Å²) in [6.45, 7) is 5.27. The first kappa shape index (κ1) is 19.2. The Bertz CT molecular complexity index is 718. The number of hydrogen-bond acceptors (Lipinski definition) is 4. The zero-order valence-corrected chi connectivity index (χ0v) is 15.3. The van der Waals surface area contributed by atoms with E-state index in [1.54, 1.807) is 6.08 Å². The number of nitrogens with one attached hydrogen (secondary N) is 2. The average molecular weight is 378 g/mol. The van der Waals surface area contributed by atoms with Crippen molar-refractivity contribution in [1.82, 2.24) is 15.5 Å². The fraction of sp³-hybridized carbons (Fsp3) is 0.222. The Kier molecular flexibility index (Phi) is 7.66. The molecule has 0 fully saturated rings. The van der Waals surface area contributed by atoms with Crippen LogP contribution in [0.5, 0.6) is 0 Å². The zero-order chi connectivity index (χ0) is 18.1. The fourth-order valence-corrected chi connectivity index (χ4v) is 3.35. The second-order valence-corrected chi connectivity index (χ2v) is 7.18. The first-order chi connectivity index (χ1) is 12.1. The highest BCUT2D eigenvalue weighted by molar-refractivity contribution is 7.16. The summed E-state index contributed by atoms with van der Waals surface area (Å²) in [6, 6.07) is 12.7. The Morgan fingerprint density at radius 3 is 2.60 bits per heavy atom. The van der Waals surface area contributed by atoms with Gasteiger partial charge >= 0.3 is 6.03 Å². The maximum absolute atomic E-state index is 12.1. The van der Waals surface area contributed by atoms with Crippen molar-refractivity contribution in [2.45, 2.75) is 13.1 Å². The molecule has 0 saturated carbocycles. The molecule has 3 amide bonds. The predicted octanol–water partition coefficient (Wildman–Crippen LogP) is 3.42. The molecule has 1 heterocycles. The summed E-state index contributed by atoms with van der Waals surface area (Å²) < 4.78 is 0.707. The summed E-state index contributed by atoms with van der Waals surface area (Å²) in [7, 11) is 0. The van der Waals surface area contributed by atoms with Crippen LogP contribution in [0.4, 0.5) is 4.79 Å². The van der Waals surface area contributed by atoms with E-state index in [0.29, 0.717) is 24.0 Å². The van der Waals surface area contributed by atoms with E-state index in [2.05, 4.69) is 17.2 Å². The Morgan fingerprint density at radius 1 is 1.20 bits per heavy atom. The molecule has 0 aliphatic heterocycles. The molecule has 132 valence electrons. The maximum Gasteiger partial charge on any atom is 0.321 e. The SMILES string of the molecule is C=CCN(CC(=O)NC(=O)NCc1ccccc1)Cc1ccc(Cl)s1. The van der Waals surface area contributed by atoms with Gasteiger partial charge in [0.15, 0.2) is 0 Å². The highest BCUT2D eigenvalue weighted by Gasteiger charge is 2.13. The van der Waals surface area contributed by atoms with E-state index < -0.39 is 6.03 Å². The third kappa shape index (κ3) is 7.09. The third-order valence-electron chi connectivity index (χ3n) is 3.31. The minimum atomic E-state index is -0.508. The number of halogens is 1. The van der Waals surface area contributed by atoms with Gasteiger partial charge < -0.3 is 5.32 Å². The summed E-state index contributed by atoms with van der Waals surface area (Å²) >= 11 is 7.40. The molecule has 0 atom stereocenters. The summed E-state index contributed by atoms with van der Waals surface area (Å²) in [5, 5.41) is 5.01. The van der Waals surface area contributed by atoms with Gasteiger partial charge in [0.05, 0.1) is 10.9 Å². The van der Waals surface area contributed by atoms with Crippen LogP contribution in [0, 0.1) is 0 Å². The van der Waals surface area contributed by atoms with Gasteiger partial charge in [0.25, 0.3) is 0 Å². The molecular weight excluding hydrogens is 358 g/mol. The van der Waals surface area contributed by atoms with E-state index in [0.717, 1.165) is 10.4 Å². The maximum atomic E-state index is 12.1. The van der Waals surface area contributed by atoms with Crippen LogP contribution < -0.4 is 10.6 Å². The van der Waals surface area contributed by atoms with Crippen LogP contribution in [-0.4, -0.2) is 29.9 Å². The summed E-state index contributed by atoms with van der Waals surface area (Å²) in [6.07, 6.45) is 1.72. The number of hydrogen-bond donors (Lipinski definition) is 2. The lowest BCUT2D eigenvalue weighted by Gasteiger charge is -2.19. The minimum Gasteiger partial charge on any atom is -0.334 e. The van der Waals surface area contributed by atoms with Crippen molar-refractivity contribution in [2.24, 2.45) is 0 Å². The lowest BCUT2D eigenvalue weighted by atomic mass is 10.2. The van der Waals surface area contributed by atoms with Gasteiger partial charge in [-0.1, -0.05) is 48.0 Å². The highest BCUT2D eigenvalue weighted by Crippen LogP contribution is 2.22. The monoisotopic (exact) mass is 377 g/mol. The van der Waals surface area contributed by atoms with Crippen LogP contribution in [0.3, 0.4) is 0 Å². The first-order valence-electron chi connectivity index (χ1n) is 7.76. The van der Waals surface area contributed by atoms with Crippen LogP contribution in [0.2, 0.25) is 4.34 Å². The number of benzene rings is 1. The minimum absolute atomic E-state index is 0.0975. The number of carbonyl (C=O) groups excluding carboxylic acids is 2. The van der Waals surface area contributed by atoms with E-state index in [1.807, 2.05) is 47.4 Å². The molecular formula is C18H20ClN3O2S. The van der Waals surface area contributed by atoms with Crippen molar-refractivity contribution in [3.05, 3.63) is 69.9 Å². The molecule has 0 spiro atoms. The van der Waals surface area contributed by atoms with E-state index in [4.69, 9.17) is 11.6 Å². The Morgan fingerprint density at radius 2 is 1.96 bits per heavy atom. The molecule has 25 heavy (non-hydrogen) atoms. The average Bonchev–Trinajstić information content (AvgIpc) is 2.99. The van der Waals surface area contributed by atoms with Crippen molar-refractivity contribution in [2.75, 3.05) is 13.1 Å². The van der Waals surface area contributed by atoms with Gasteiger partial charge in [0, 0.05) is 24.5 Å². The molecule has 0 saturated heterocycles. The van der Waals surface area contributed by atoms with Gasteiger partial charge in [-0.3, -0.25) is 15.0 Å². The van der Waals surface area contributed by atoms with Gasteiger partial charge in [-0.15, -0.1) is 17.9 Å². The molecule has 0 aliphatic rings. The molecule has 0 unspecified atom stereocenters. The lowest BCUT2D eigenvalue weighted by Crippen LogP contribution is -2.44. The van der Waals surface area contributed by atoms with Crippen LogP contribution in [0.1, 0.15) is 10.4 Å². The van der Waals surface area contributed by atoms with E-state index >= 15 is 0 Å². The van der Waals surface area contributed by atoms with Crippen LogP contribution in [0.25, 0.3) is 0 Å². The van der Waals surface area contributed by atoms with E-state index in [1.165, 1.54) is 11.3 Å². The second kappa shape index (κ2) is 9.98. The second-order valence-electron chi connectivity index (χ2n) is 5.38. The Labute approximate surface area is 156 Å². The van der Waals surface area contributed by atoms with E-state index in [9.17, 15) is 9.59 Å². The number of rotatable bonds is 8. The van der Waals surface area contributed by atoms with Gasteiger partial charge in [-0.2, -0.15) is 0 Å². The molecule has 0 radical (unpaired) electrons. The summed E-state index contributed by atoms with van der Waals surface area (Å²) in [5.41, 5.74) is 0.966. The van der Waals surface area contributed by atoms with Gasteiger partial charge in [0.2, 0.25) is 5.91 Å². The van der Waals surface area contributed by atoms with Gasteiger partial charge in [0.1, 0.15) is 0 Å². The van der Waals surface area contributed by atoms with Crippen molar-refractivity contribution < 1.29 is 9.59 Å². The number of thiophene rings is 1. The first-order valence-corrected chi connectivity index (χ1v) is 8.95. The largest absolute Gasteiger partial charge is 0.334 e. The summed E-state index contributed by atoms with van der Waals surface area (Å²) in [5.74, 6) is -0.366. The number of imide groups is 1. The van der Waals surface area contributed by atoms with Gasteiger partial charge in [-0.25, -0.2) is 4.79 Å². The van der Waals surface area contributed by atoms with Crippen molar-refractivity contribution in [1.29, 1.82) is 0 Å². The Hall–Kier alpha value is -2.15. The van der Waals surface area contributed by atoms with Crippen LogP contribution >= 0.6 is 22.9 Å². The zero-order valence-electron chi connectivity index (χ0n) is 13.7. The van der Waals surface area contributed by atoms with Crippen molar-refractivity contribution in [3.8, 4) is 0 Å².